The number of hydroxylamine groups is 2. The first kappa shape index (κ1) is 16.5. The van der Waals surface area contributed by atoms with E-state index in [9.17, 15) is 14.8 Å². The summed E-state index contributed by atoms with van der Waals surface area (Å²) in [5.74, 6) is 0.108. The van der Waals surface area contributed by atoms with Crippen LogP contribution in [0, 0.1) is 5.92 Å². The number of hydrogen-bond acceptors (Lipinski definition) is 5. The van der Waals surface area contributed by atoms with Crippen LogP contribution in [0.1, 0.15) is 51.0 Å². The molecule has 1 saturated heterocycles. The molecule has 1 aromatic rings. The molecular formula is C15H23N3O4. The molecule has 22 heavy (non-hydrogen) atoms. The van der Waals surface area contributed by atoms with Crippen LogP contribution in [-0.2, 0) is 9.59 Å². The molecule has 0 unspecified atom stereocenters. The molecule has 0 aliphatic carbocycles. The van der Waals surface area contributed by atoms with Gasteiger partial charge < -0.3 is 9.32 Å². The van der Waals surface area contributed by atoms with E-state index in [1.165, 1.54) is 6.26 Å². The first-order valence-corrected chi connectivity index (χ1v) is 7.78. The van der Waals surface area contributed by atoms with E-state index >= 15 is 0 Å². The SMILES string of the molecule is CCCC[C@H](CN(O)C=O)C(=O)N1CCC[C@H]1c1ncco1. The van der Waals surface area contributed by atoms with Crippen molar-refractivity contribution >= 4 is 12.3 Å². The van der Waals surface area contributed by atoms with Crippen LogP contribution < -0.4 is 0 Å². The largest absolute Gasteiger partial charge is 0.447 e. The molecule has 2 amide bonds. The number of carbonyl (C=O) groups excluding carboxylic acids is 2. The van der Waals surface area contributed by atoms with Crippen molar-refractivity contribution in [2.75, 3.05) is 13.1 Å². The van der Waals surface area contributed by atoms with E-state index in [1.54, 1.807) is 11.1 Å². The van der Waals surface area contributed by atoms with Crippen molar-refractivity contribution in [2.45, 2.75) is 45.1 Å². The lowest BCUT2D eigenvalue weighted by Crippen LogP contribution is -2.40. The first-order chi connectivity index (χ1) is 10.7. The molecule has 1 fully saturated rings. The predicted octanol–water partition coefficient (Wildman–Crippen LogP) is 1.99. The molecule has 2 rings (SSSR count). The van der Waals surface area contributed by atoms with E-state index in [0.717, 1.165) is 25.7 Å². The first-order valence-electron chi connectivity index (χ1n) is 7.78. The van der Waals surface area contributed by atoms with Crippen LogP contribution in [0.4, 0.5) is 0 Å². The van der Waals surface area contributed by atoms with Crippen molar-refractivity contribution in [1.82, 2.24) is 14.9 Å². The standard InChI is InChI=1S/C15H23N3O4/c1-2-3-5-12(10-17(21)11-19)15(20)18-8-4-6-13(18)14-16-7-9-22-14/h7,9,11-13,21H,2-6,8,10H2,1H3/t12-,13+/m1/s1. The number of likely N-dealkylation sites (tertiary alicyclic amines) is 1. The Balaban J connectivity index is 2.08. The Morgan fingerprint density at radius 3 is 3.14 bits per heavy atom. The molecule has 0 radical (unpaired) electrons. The van der Waals surface area contributed by atoms with Crippen LogP contribution in [0.3, 0.4) is 0 Å². The molecule has 1 aromatic heterocycles. The van der Waals surface area contributed by atoms with E-state index in [1.807, 2.05) is 6.92 Å². The lowest BCUT2D eigenvalue weighted by Gasteiger charge is -2.28. The molecule has 7 nitrogen and oxygen atoms in total. The van der Waals surface area contributed by atoms with Gasteiger partial charge in [-0.15, -0.1) is 0 Å². The minimum Gasteiger partial charge on any atom is -0.447 e. The Labute approximate surface area is 129 Å². The molecular weight excluding hydrogens is 286 g/mol. The topological polar surface area (TPSA) is 86.9 Å². The average Bonchev–Trinajstić information content (AvgIpc) is 3.20. The van der Waals surface area contributed by atoms with Crippen LogP contribution in [-0.4, -0.2) is 45.6 Å². The van der Waals surface area contributed by atoms with E-state index in [0.29, 0.717) is 30.3 Å². The summed E-state index contributed by atoms with van der Waals surface area (Å²) < 4.78 is 5.34. The molecule has 0 spiro atoms. The van der Waals surface area contributed by atoms with Crippen molar-refractivity contribution in [3.8, 4) is 0 Å². The second-order valence-electron chi connectivity index (χ2n) is 5.63. The summed E-state index contributed by atoms with van der Waals surface area (Å²) in [5.41, 5.74) is 0. The van der Waals surface area contributed by atoms with Crippen molar-refractivity contribution in [3.63, 3.8) is 0 Å². The fourth-order valence-corrected chi connectivity index (χ4v) is 2.93. The van der Waals surface area contributed by atoms with Gasteiger partial charge in [0, 0.05) is 6.54 Å². The summed E-state index contributed by atoms with van der Waals surface area (Å²) >= 11 is 0. The molecule has 0 saturated carbocycles. The van der Waals surface area contributed by atoms with Gasteiger partial charge in [-0.25, -0.2) is 10.0 Å². The maximum absolute atomic E-state index is 12.8. The maximum Gasteiger partial charge on any atom is 0.233 e. The summed E-state index contributed by atoms with van der Waals surface area (Å²) in [6.45, 7) is 2.72. The number of aromatic nitrogens is 1. The van der Waals surface area contributed by atoms with Gasteiger partial charge in [0.25, 0.3) is 0 Å². The number of oxazole rings is 1. The number of rotatable bonds is 8. The molecule has 1 N–H and O–H groups in total. The van der Waals surface area contributed by atoms with Gasteiger partial charge in [-0.05, 0) is 19.3 Å². The Kier molecular flexibility index (Phi) is 5.94. The predicted molar refractivity (Wildman–Crippen MR) is 77.8 cm³/mol. The Bertz CT molecular complexity index is 477. The van der Waals surface area contributed by atoms with Crippen LogP contribution in [0.5, 0.6) is 0 Å². The monoisotopic (exact) mass is 309 g/mol. The quantitative estimate of drug-likeness (QED) is 0.451. The van der Waals surface area contributed by atoms with Gasteiger partial charge in [-0.2, -0.15) is 0 Å². The second-order valence-corrected chi connectivity index (χ2v) is 5.63. The second kappa shape index (κ2) is 7.93. The number of hydrogen-bond donors (Lipinski definition) is 1. The summed E-state index contributed by atoms with van der Waals surface area (Å²) in [5, 5.41) is 9.98. The van der Waals surface area contributed by atoms with E-state index < -0.39 is 5.92 Å². The maximum atomic E-state index is 12.8. The van der Waals surface area contributed by atoms with Crippen LogP contribution in [0.15, 0.2) is 16.9 Å². The highest BCUT2D eigenvalue weighted by molar-refractivity contribution is 5.80. The summed E-state index contributed by atoms with van der Waals surface area (Å²) in [4.78, 5) is 29.4. The third-order valence-electron chi connectivity index (χ3n) is 4.06. The highest BCUT2D eigenvalue weighted by Crippen LogP contribution is 2.32. The zero-order valence-corrected chi connectivity index (χ0v) is 12.9. The van der Waals surface area contributed by atoms with Gasteiger partial charge in [0.05, 0.1) is 18.7 Å². The molecule has 2 heterocycles. The Morgan fingerprint density at radius 2 is 2.50 bits per heavy atom. The molecule has 2 atom stereocenters. The summed E-state index contributed by atoms with van der Waals surface area (Å²) in [7, 11) is 0. The van der Waals surface area contributed by atoms with E-state index in [-0.39, 0.29) is 18.5 Å². The van der Waals surface area contributed by atoms with Gasteiger partial charge in [0.1, 0.15) is 12.3 Å². The number of amides is 2. The Hall–Kier alpha value is -1.89. The third-order valence-corrected chi connectivity index (χ3v) is 4.06. The highest BCUT2D eigenvalue weighted by atomic mass is 16.5. The third kappa shape index (κ3) is 3.85. The van der Waals surface area contributed by atoms with Crippen molar-refractivity contribution in [1.29, 1.82) is 0 Å². The Morgan fingerprint density at radius 1 is 1.68 bits per heavy atom. The summed E-state index contributed by atoms with van der Waals surface area (Å²) in [6, 6.07) is -0.144. The van der Waals surface area contributed by atoms with Gasteiger partial charge in [-0.1, -0.05) is 19.8 Å². The summed E-state index contributed by atoms with van der Waals surface area (Å²) in [6.07, 6.45) is 7.62. The lowest BCUT2D eigenvalue weighted by atomic mass is 9.99. The molecule has 1 aliphatic rings. The van der Waals surface area contributed by atoms with Crippen molar-refractivity contribution in [3.05, 3.63) is 18.4 Å². The van der Waals surface area contributed by atoms with Gasteiger partial charge in [0.15, 0.2) is 0 Å². The highest BCUT2D eigenvalue weighted by Gasteiger charge is 2.36. The number of carbonyl (C=O) groups is 2. The van der Waals surface area contributed by atoms with Crippen LogP contribution in [0.25, 0.3) is 0 Å². The molecule has 122 valence electrons. The van der Waals surface area contributed by atoms with E-state index in [2.05, 4.69) is 4.98 Å². The van der Waals surface area contributed by atoms with Gasteiger partial charge in [-0.3, -0.25) is 14.8 Å². The van der Waals surface area contributed by atoms with Crippen LogP contribution >= 0.6 is 0 Å². The molecule has 7 heteroatoms. The number of nitrogens with zero attached hydrogens (tertiary/aromatic N) is 3. The molecule has 0 bridgehead atoms. The smallest absolute Gasteiger partial charge is 0.233 e. The number of unbranched alkanes of at least 4 members (excludes halogenated alkanes) is 1. The van der Waals surface area contributed by atoms with E-state index in [4.69, 9.17) is 4.42 Å². The average molecular weight is 309 g/mol. The normalized spacial score (nSPS) is 19.2. The van der Waals surface area contributed by atoms with Gasteiger partial charge >= 0.3 is 0 Å². The van der Waals surface area contributed by atoms with Crippen LogP contribution in [0.2, 0.25) is 0 Å². The van der Waals surface area contributed by atoms with Gasteiger partial charge in [0.2, 0.25) is 18.2 Å². The fourth-order valence-electron chi connectivity index (χ4n) is 2.93. The minimum atomic E-state index is -0.397. The van der Waals surface area contributed by atoms with Crippen molar-refractivity contribution in [2.24, 2.45) is 5.92 Å². The minimum absolute atomic E-state index is 0.0249. The fraction of sp³-hybridized carbons (Fsp3) is 0.667. The zero-order chi connectivity index (χ0) is 15.9. The molecule has 1 aliphatic heterocycles. The van der Waals surface area contributed by atoms with Crippen molar-refractivity contribution < 1.29 is 19.2 Å². The molecule has 0 aromatic carbocycles. The lowest BCUT2D eigenvalue weighted by molar-refractivity contribution is -0.157. The zero-order valence-electron chi connectivity index (χ0n) is 12.9.